The van der Waals surface area contributed by atoms with Crippen LogP contribution in [0.3, 0.4) is 0 Å². The SMILES string of the molecule is CCCCNC[C@@H]1COc2ccc(C)cc2C1=O. The van der Waals surface area contributed by atoms with E-state index in [1.165, 1.54) is 6.42 Å². The maximum Gasteiger partial charge on any atom is 0.174 e. The van der Waals surface area contributed by atoms with Gasteiger partial charge in [-0.25, -0.2) is 0 Å². The van der Waals surface area contributed by atoms with Crippen LogP contribution < -0.4 is 10.1 Å². The lowest BCUT2D eigenvalue weighted by atomic mass is 9.94. The molecule has 0 fully saturated rings. The molecule has 0 unspecified atom stereocenters. The third-order valence-corrected chi connectivity index (χ3v) is 3.31. The van der Waals surface area contributed by atoms with Gasteiger partial charge in [0.15, 0.2) is 5.78 Å². The van der Waals surface area contributed by atoms with Gasteiger partial charge in [-0.3, -0.25) is 4.79 Å². The van der Waals surface area contributed by atoms with E-state index >= 15 is 0 Å². The second-order valence-corrected chi connectivity index (χ2v) is 4.93. The van der Waals surface area contributed by atoms with Crippen LogP contribution in [0.5, 0.6) is 5.75 Å². The number of benzene rings is 1. The number of carbonyl (C=O) groups excluding carboxylic acids is 1. The zero-order chi connectivity index (χ0) is 13.0. The predicted octanol–water partition coefficient (Wildman–Crippen LogP) is 2.58. The van der Waals surface area contributed by atoms with Crippen LogP contribution in [0, 0.1) is 12.8 Å². The third kappa shape index (κ3) is 2.91. The van der Waals surface area contributed by atoms with Crippen molar-refractivity contribution in [2.24, 2.45) is 5.92 Å². The Kier molecular flexibility index (Phi) is 4.37. The molecule has 2 rings (SSSR count). The summed E-state index contributed by atoms with van der Waals surface area (Å²) < 4.78 is 5.66. The van der Waals surface area contributed by atoms with Crippen LogP contribution in [0.4, 0.5) is 0 Å². The highest BCUT2D eigenvalue weighted by Crippen LogP contribution is 2.27. The third-order valence-electron chi connectivity index (χ3n) is 3.31. The molecule has 0 saturated carbocycles. The maximum atomic E-state index is 12.3. The van der Waals surface area contributed by atoms with E-state index in [1.54, 1.807) is 0 Å². The van der Waals surface area contributed by atoms with Gasteiger partial charge in [-0.05, 0) is 32.0 Å². The number of ketones is 1. The Morgan fingerprint density at radius 3 is 3.06 bits per heavy atom. The molecular formula is C15H21NO2. The summed E-state index contributed by atoms with van der Waals surface area (Å²) in [7, 11) is 0. The second-order valence-electron chi connectivity index (χ2n) is 4.93. The molecule has 3 nitrogen and oxygen atoms in total. The molecular weight excluding hydrogens is 226 g/mol. The van der Waals surface area contributed by atoms with Gasteiger partial charge in [0.25, 0.3) is 0 Å². The lowest BCUT2D eigenvalue weighted by molar-refractivity contribution is 0.0830. The van der Waals surface area contributed by atoms with Crippen LogP contribution >= 0.6 is 0 Å². The molecule has 1 atom stereocenters. The Hall–Kier alpha value is -1.35. The number of hydrogen-bond acceptors (Lipinski definition) is 3. The number of nitrogens with one attached hydrogen (secondary N) is 1. The van der Waals surface area contributed by atoms with Crippen molar-refractivity contribution >= 4 is 5.78 Å². The van der Waals surface area contributed by atoms with E-state index in [4.69, 9.17) is 4.74 Å². The molecule has 1 heterocycles. The number of hydrogen-bond donors (Lipinski definition) is 1. The van der Waals surface area contributed by atoms with Crippen molar-refractivity contribution in [1.82, 2.24) is 5.32 Å². The summed E-state index contributed by atoms with van der Waals surface area (Å²) in [6.45, 7) is 6.34. The highest BCUT2D eigenvalue weighted by atomic mass is 16.5. The van der Waals surface area contributed by atoms with Gasteiger partial charge in [0.1, 0.15) is 5.75 Å². The topological polar surface area (TPSA) is 38.3 Å². The Labute approximate surface area is 109 Å². The Bertz CT molecular complexity index is 429. The molecule has 1 N–H and O–H groups in total. The molecule has 1 aromatic carbocycles. The molecule has 0 saturated heterocycles. The molecule has 0 aromatic heterocycles. The molecule has 18 heavy (non-hydrogen) atoms. The first kappa shape index (κ1) is 13.1. The van der Waals surface area contributed by atoms with Crippen LogP contribution in [-0.2, 0) is 0 Å². The smallest absolute Gasteiger partial charge is 0.174 e. The first-order valence-electron chi connectivity index (χ1n) is 6.70. The fraction of sp³-hybridized carbons (Fsp3) is 0.533. The standard InChI is InChI=1S/C15H21NO2/c1-3-4-7-16-9-12-10-18-14-6-5-11(2)8-13(14)15(12)17/h5-6,8,12,16H,3-4,7,9-10H2,1-2H3/t12-/m1/s1. The van der Waals surface area contributed by atoms with Crippen molar-refractivity contribution in [2.75, 3.05) is 19.7 Å². The Morgan fingerprint density at radius 1 is 1.44 bits per heavy atom. The minimum atomic E-state index is -0.0452. The highest BCUT2D eigenvalue weighted by Gasteiger charge is 2.28. The molecule has 0 bridgehead atoms. The van der Waals surface area contributed by atoms with E-state index in [-0.39, 0.29) is 11.7 Å². The molecule has 0 aliphatic carbocycles. The predicted molar refractivity (Wildman–Crippen MR) is 72.3 cm³/mol. The number of unbranched alkanes of at least 4 members (excludes halogenated alkanes) is 1. The van der Waals surface area contributed by atoms with E-state index in [1.807, 2.05) is 25.1 Å². The minimum Gasteiger partial charge on any atom is -0.492 e. The van der Waals surface area contributed by atoms with Gasteiger partial charge < -0.3 is 10.1 Å². The summed E-state index contributed by atoms with van der Waals surface area (Å²) in [5.41, 5.74) is 1.84. The number of aryl methyl sites for hydroxylation is 1. The lowest BCUT2D eigenvalue weighted by Crippen LogP contribution is -2.36. The average molecular weight is 247 g/mol. The molecule has 0 amide bonds. The van der Waals surface area contributed by atoms with Gasteiger partial charge in [0.2, 0.25) is 0 Å². The zero-order valence-electron chi connectivity index (χ0n) is 11.2. The minimum absolute atomic E-state index is 0.0452. The summed E-state index contributed by atoms with van der Waals surface area (Å²) in [4.78, 5) is 12.3. The van der Waals surface area contributed by atoms with Gasteiger partial charge in [-0.15, -0.1) is 0 Å². The number of rotatable bonds is 5. The van der Waals surface area contributed by atoms with Crippen LogP contribution in [0.15, 0.2) is 18.2 Å². The zero-order valence-corrected chi connectivity index (χ0v) is 11.2. The largest absolute Gasteiger partial charge is 0.492 e. The summed E-state index contributed by atoms with van der Waals surface area (Å²) in [6.07, 6.45) is 2.32. The van der Waals surface area contributed by atoms with E-state index in [2.05, 4.69) is 12.2 Å². The number of carbonyl (C=O) groups is 1. The summed E-state index contributed by atoms with van der Waals surface area (Å²) in [6, 6.07) is 5.80. The molecule has 0 radical (unpaired) electrons. The van der Waals surface area contributed by atoms with Gasteiger partial charge in [0, 0.05) is 6.54 Å². The number of Topliss-reactive ketones (excluding diaryl/α,β-unsaturated/α-hetero) is 1. The first-order valence-corrected chi connectivity index (χ1v) is 6.70. The quantitative estimate of drug-likeness (QED) is 0.813. The number of fused-ring (bicyclic) bond motifs is 1. The van der Waals surface area contributed by atoms with Crippen molar-refractivity contribution in [3.63, 3.8) is 0 Å². The van der Waals surface area contributed by atoms with Crippen molar-refractivity contribution in [3.8, 4) is 5.75 Å². The van der Waals surface area contributed by atoms with Crippen LogP contribution in [-0.4, -0.2) is 25.5 Å². The van der Waals surface area contributed by atoms with Crippen molar-refractivity contribution < 1.29 is 9.53 Å². The van der Waals surface area contributed by atoms with Gasteiger partial charge in [0.05, 0.1) is 18.1 Å². The van der Waals surface area contributed by atoms with E-state index in [0.717, 1.165) is 29.8 Å². The summed E-state index contributed by atoms with van der Waals surface area (Å²) >= 11 is 0. The van der Waals surface area contributed by atoms with Gasteiger partial charge in [-0.2, -0.15) is 0 Å². The molecule has 0 spiro atoms. The lowest BCUT2D eigenvalue weighted by Gasteiger charge is -2.24. The van der Waals surface area contributed by atoms with Crippen molar-refractivity contribution in [1.29, 1.82) is 0 Å². The fourth-order valence-corrected chi connectivity index (χ4v) is 2.18. The molecule has 1 aromatic rings. The van der Waals surface area contributed by atoms with Crippen LogP contribution in [0.1, 0.15) is 35.7 Å². The fourth-order valence-electron chi connectivity index (χ4n) is 2.18. The van der Waals surface area contributed by atoms with Crippen LogP contribution in [0.25, 0.3) is 0 Å². The molecule has 1 aliphatic heterocycles. The monoisotopic (exact) mass is 247 g/mol. The molecule has 3 heteroatoms. The summed E-state index contributed by atoms with van der Waals surface area (Å²) in [5, 5.41) is 3.33. The maximum absolute atomic E-state index is 12.3. The van der Waals surface area contributed by atoms with E-state index in [9.17, 15) is 4.79 Å². The van der Waals surface area contributed by atoms with E-state index < -0.39 is 0 Å². The van der Waals surface area contributed by atoms with Crippen LogP contribution in [0.2, 0.25) is 0 Å². The van der Waals surface area contributed by atoms with E-state index in [0.29, 0.717) is 13.2 Å². The van der Waals surface area contributed by atoms with Crippen molar-refractivity contribution in [2.45, 2.75) is 26.7 Å². The summed E-state index contributed by atoms with van der Waals surface area (Å²) in [5.74, 6) is 0.899. The second kappa shape index (κ2) is 6.01. The van der Waals surface area contributed by atoms with Crippen molar-refractivity contribution in [3.05, 3.63) is 29.3 Å². The molecule has 1 aliphatic rings. The Morgan fingerprint density at radius 2 is 2.28 bits per heavy atom. The normalized spacial score (nSPS) is 18.3. The first-order chi connectivity index (χ1) is 8.72. The average Bonchev–Trinajstić information content (AvgIpc) is 2.38. The van der Waals surface area contributed by atoms with Gasteiger partial charge in [-0.1, -0.05) is 25.0 Å². The molecule has 98 valence electrons. The highest BCUT2D eigenvalue weighted by molar-refractivity contribution is 6.01. The Balaban J connectivity index is 1.99. The number of ether oxygens (including phenoxy) is 1. The van der Waals surface area contributed by atoms with Gasteiger partial charge >= 0.3 is 0 Å².